The van der Waals surface area contributed by atoms with Gasteiger partial charge in [-0.15, -0.1) is 0 Å². The second kappa shape index (κ2) is 7.82. The zero-order valence-corrected chi connectivity index (χ0v) is 17.9. The number of nitrogens with zero attached hydrogens (tertiary/aromatic N) is 5. The SMILES string of the molecule is Cc1ccc2nc(Nc3ncnc(Oc4cccc5ccc(C)nc45)c3[N+](=O)[O-])sc2c1. The number of benzene rings is 2. The van der Waals surface area contributed by atoms with Crippen LogP contribution in [0.1, 0.15) is 11.3 Å². The number of rotatable bonds is 5. The molecule has 158 valence electrons. The van der Waals surface area contributed by atoms with E-state index in [0.717, 1.165) is 26.9 Å². The van der Waals surface area contributed by atoms with Gasteiger partial charge in [-0.1, -0.05) is 35.6 Å². The molecule has 32 heavy (non-hydrogen) atoms. The summed E-state index contributed by atoms with van der Waals surface area (Å²) in [5, 5.41) is 16.2. The number of fused-ring (bicyclic) bond motifs is 2. The summed E-state index contributed by atoms with van der Waals surface area (Å²) in [6.07, 6.45) is 1.21. The quantitative estimate of drug-likeness (QED) is 0.271. The van der Waals surface area contributed by atoms with Crippen LogP contribution in [0.25, 0.3) is 21.1 Å². The number of ether oxygens (including phenoxy) is 1. The lowest BCUT2D eigenvalue weighted by molar-refractivity contribution is -0.385. The number of hydrogen-bond donors (Lipinski definition) is 1. The first-order valence-corrected chi connectivity index (χ1v) is 10.5. The number of thiazole rings is 1. The van der Waals surface area contributed by atoms with Crippen molar-refractivity contribution in [2.24, 2.45) is 0 Å². The van der Waals surface area contributed by atoms with Crippen LogP contribution >= 0.6 is 11.3 Å². The first kappa shape index (κ1) is 19.8. The Morgan fingerprint density at radius 3 is 2.78 bits per heavy atom. The van der Waals surface area contributed by atoms with Crippen molar-refractivity contribution < 1.29 is 9.66 Å². The van der Waals surface area contributed by atoms with Gasteiger partial charge in [-0.05, 0) is 43.7 Å². The molecule has 0 saturated heterocycles. The molecule has 0 unspecified atom stereocenters. The third kappa shape index (κ3) is 3.67. The first-order chi connectivity index (χ1) is 15.5. The lowest BCUT2D eigenvalue weighted by atomic mass is 10.2. The summed E-state index contributed by atoms with van der Waals surface area (Å²) in [7, 11) is 0. The van der Waals surface area contributed by atoms with Gasteiger partial charge in [-0.2, -0.15) is 4.98 Å². The molecule has 10 heteroatoms. The molecule has 5 aromatic rings. The Balaban J connectivity index is 1.55. The molecule has 3 aromatic heterocycles. The largest absolute Gasteiger partial charge is 0.431 e. The van der Waals surface area contributed by atoms with E-state index < -0.39 is 4.92 Å². The minimum absolute atomic E-state index is 0.000143. The number of pyridine rings is 1. The molecule has 5 rings (SSSR count). The molecular formula is C22H16N6O3S. The van der Waals surface area contributed by atoms with Crippen molar-refractivity contribution in [2.45, 2.75) is 13.8 Å². The molecule has 0 radical (unpaired) electrons. The van der Waals surface area contributed by atoms with E-state index >= 15 is 0 Å². The van der Waals surface area contributed by atoms with E-state index in [1.807, 2.05) is 50.2 Å². The smallest absolute Gasteiger partial charge is 0.373 e. The molecule has 0 atom stereocenters. The lowest BCUT2D eigenvalue weighted by Crippen LogP contribution is -2.03. The zero-order valence-electron chi connectivity index (χ0n) is 17.1. The predicted octanol–water partition coefficient (Wildman–Crippen LogP) is 5.70. The monoisotopic (exact) mass is 444 g/mol. The van der Waals surface area contributed by atoms with Crippen molar-refractivity contribution in [3.8, 4) is 11.6 Å². The Kier molecular flexibility index (Phi) is 4.83. The van der Waals surface area contributed by atoms with Crippen LogP contribution in [0.15, 0.2) is 54.9 Å². The van der Waals surface area contributed by atoms with Crippen LogP contribution in [-0.2, 0) is 0 Å². The molecule has 0 fully saturated rings. The highest BCUT2D eigenvalue weighted by atomic mass is 32.1. The summed E-state index contributed by atoms with van der Waals surface area (Å²) in [5.74, 6) is 0.190. The second-order valence-electron chi connectivity index (χ2n) is 7.13. The molecule has 9 nitrogen and oxygen atoms in total. The Bertz CT molecular complexity index is 1500. The number of aromatic nitrogens is 4. The minimum atomic E-state index is -0.570. The fourth-order valence-corrected chi connectivity index (χ4v) is 4.25. The zero-order chi connectivity index (χ0) is 22.2. The van der Waals surface area contributed by atoms with Gasteiger partial charge in [0.15, 0.2) is 10.9 Å². The van der Waals surface area contributed by atoms with Gasteiger partial charge in [-0.3, -0.25) is 10.1 Å². The molecule has 0 bridgehead atoms. The fourth-order valence-electron chi connectivity index (χ4n) is 3.28. The third-order valence-corrected chi connectivity index (χ3v) is 5.70. The van der Waals surface area contributed by atoms with E-state index in [1.165, 1.54) is 17.7 Å². The van der Waals surface area contributed by atoms with Crippen molar-refractivity contribution >= 4 is 49.1 Å². The van der Waals surface area contributed by atoms with Crippen LogP contribution in [0.4, 0.5) is 16.6 Å². The van der Waals surface area contributed by atoms with Gasteiger partial charge in [-0.25, -0.2) is 15.0 Å². The Hall–Kier alpha value is -4.18. The normalized spacial score (nSPS) is 11.1. The second-order valence-corrected chi connectivity index (χ2v) is 8.16. The van der Waals surface area contributed by atoms with E-state index in [2.05, 4.69) is 25.3 Å². The lowest BCUT2D eigenvalue weighted by Gasteiger charge is -2.10. The highest BCUT2D eigenvalue weighted by molar-refractivity contribution is 7.22. The number of nitrogens with one attached hydrogen (secondary N) is 1. The molecule has 2 aromatic carbocycles. The average Bonchev–Trinajstić information content (AvgIpc) is 3.15. The fraction of sp³-hybridized carbons (Fsp3) is 0.0909. The molecule has 0 aliphatic heterocycles. The van der Waals surface area contributed by atoms with E-state index in [9.17, 15) is 10.1 Å². The van der Waals surface area contributed by atoms with E-state index in [4.69, 9.17) is 4.74 Å². The number of hydrogen-bond acceptors (Lipinski definition) is 9. The highest BCUT2D eigenvalue weighted by Gasteiger charge is 2.26. The Morgan fingerprint density at radius 1 is 1.06 bits per heavy atom. The third-order valence-electron chi connectivity index (χ3n) is 4.77. The summed E-state index contributed by atoms with van der Waals surface area (Å²) < 4.78 is 6.85. The van der Waals surface area contributed by atoms with Crippen molar-refractivity contribution in [1.82, 2.24) is 19.9 Å². The number of aryl methyl sites for hydroxylation is 2. The molecule has 3 heterocycles. The average molecular weight is 444 g/mol. The topological polar surface area (TPSA) is 116 Å². The van der Waals surface area contributed by atoms with Gasteiger partial charge < -0.3 is 10.1 Å². The van der Waals surface area contributed by atoms with E-state index in [-0.39, 0.29) is 17.4 Å². The summed E-state index contributed by atoms with van der Waals surface area (Å²) in [4.78, 5) is 28.4. The predicted molar refractivity (Wildman–Crippen MR) is 123 cm³/mol. The minimum Gasteiger partial charge on any atom is -0.431 e. The molecule has 0 aliphatic rings. The molecule has 0 aliphatic carbocycles. The van der Waals surface area contributed by atoms with E-state index in [1.54, 1.807) is 12.1 Å². The van der Waals surface area contributed by atoms with Crippen molar-refractivity contribution in [1.29, 1.82) is 0 Å². The standard InChI is InChI=1S/C22H16N6O3S/c1-12-6-9-15-17(10-12)32-22(26-15)27-20-19(28(29)30)21(24-11-23-20)31-16-5-3-4-14-8-7-13(2)25-18(14)16/h3-11H,1-2H3,(H,23,24,26,27). The van der Waals surface area contributed by atoms with Crippen molar-refractivity contribution in [2.75, 3.05) is 5.32 Å². The molecule has 1 N–H and O–H groups in total. The van der Waals surface area contributed by atoms with Crippen LogP contribution in [0.3, 0.4) is 0 Å². The molecular weight excluding hydrogens is 428 g/mol. The van der Waals surface area contributed by atoms with Gasteiger partial charge in [0.2, 0.25) is 5.82 Å². The Labute approximate surface area is 185 Å². The first-order valence-electron chi connectivity index (χ1n) is 9.66. The van der Waals surface area contributed by atoms with Crippen molar-refractivity contribution in [3.63, 3.8) is 0 Å². The maximum absolute atomic E-state index is 11.9. The summed E-state index contributed by atoms with van der Waals surface area (Å²) in [6, 6.07) is 15.1. The molecule has 0 saturated carbocycles. The summed E-state index contributed by atoms with van der Waals surface area (Å²) in [6.45, 7) is 3.86. The molecule has 0 amide bonds. The number of anilines is 2. The Morgan fingerprint density at radius 2 is 1.94 bits per heavy atom. The highest BCUT2D eigenvalue weighted by Crippen LogP contribution is 2.38. The van der Waals surface area contributed by atoms with Gasteiger partial charge in [0.25, 0.3) is 0 Å². The van der Waals surface area contributed by atoms with Gasteiger partial charge in [0, 0.05) is 11.1 Å². The van der Waals surface area contributed by atoms with Crippen LogP contribution < -0.4 is 10.1 Å². The maximum Gasteiger partial charge on any atom is 0.373 e. The van der Waals surface area contributed by atoms with Gasteiger partial charge in [0.1, 0.15) is 11.8 Å². The van der Waals surface area contributed by atoms with Gasteiger partial charge >= 0.3 is 11.6 Å². The van der Waals surface area contributed by atoms with Crippen LogP contribution in [0.5, 0.6) is 11.6 Å². The van der Waals surface area contributed by atoms with Crippen LogP contribution in [-0.4, -0.2) is 24.9 Å². The van der Waals surface area contributed by atoms with E-state index in [0.29, 0.717) is 16.4 Å². The molecule has 0 spiro atoms. The number of nitro groups is 1. The number of para-hydroxylation sites is 1. The summed E-state index contributed by atoms with van der Waals surface area (Å²) >= 11 is 1.38. The van der Waals surface area contributed by atoms with Crippen LogP contribution in [0.2, 0.25) is 0 Å². The summed E-state index contributed by atoms with van der Waals surface area (Å²) in [5.41, 5.74) is 2.92. The van der Waals surface area contributed by atoms with Crippen molar-refractivity contribution in [3.05, 3.63) is 76.2 Å². The van der Waals surface area contributed by atoms with Crippen LogP contribution in [0, 0.1) is 24.0 Å². The van der Waals surface area contributed by atoms with Gasteiger partial charge in [0.05, 0.1) is 15.1 Å². The maximum atomic E-state index is 11.9.